The molecule has 1 fully saturated rings. The molecule has 2 heterocycles. The lowest BCUT2D eigenvalue weighted by Crippen LogP contribution is -2.37. The molecule has 1 aromatic heterocycles. The van der Waals surface area contributed by atoms with Gasteiger partial charge in [-0.15, -0.1) is 11.3 Å². The minimum absolute atomic E-state index is 0.0310. The molecule has 1 aliphatic rings. The summed E-state index contributed by atoms with van der Waals surface area (Å²) in [5.74, 6) is 0.452. The zero-order valence-corrected chi connectivity index (χ0v) is 19.8. The Balaban J connectivity index is 1.54. The lowest BCUT2D eigenvalue weighted by molar-refractivity contribution is 0.0358. The van der Waals surface area contributed by atoms with Crippen molar-refractivity contribution < 1.29 is 23.0 Å². The van der Waals surface area contributed by atoms with Crippen molar-refractivity contribution in [3.8, 4) is 5.75 Å². The molecule has 8 nitrogen and oxygen atoms in total. The molecule has 0 aliphatic carbocycles. The van der Waals surface area contributed by atoms with Crippen LogP contribution in [0.3, 0.4) is 0 Å². The van der Waals surface area contributed by atoms with Gasteiger partial charge in [-0.2, -0.15) is 0 Å². The number of benzene rings is 1. The molecule has 0 amide bonds. The van der Waals surface area contributed by atoms with Crippen molar-refractivity contribution in [2.24, 2.45) is 0 Å². The van der Waals surface area contributed by atoms with Crippen molar-refractivity contribution in [1.82, 2.24) is 9.88 Å². The van der Waals surface area contributed by atoms with Crippen LogP contribution in [0.1, 0.15) is 25.5 Å². The highest BCUT2D eigenvalue weighted by atomic mass is 35.5. The van der Waals surface area contributed by atoms with E-state index in [4.69, 9.17) is 21.1 Å². The van der Waals surface area contributed by atoms with Crippen LogP contribution in [0.25, 0.3) is 0 Å². The number of ether oxygens (including phenoxy) is 2. The number of aliphatic hydroxyl groups excluding tert-OH is 1. The van der Waals surface area contributed by atoms with Crippen LogP contribution in [0.15, 0.2) is 28.5 Å². The number of sulfonamides is 1. The van der Waals surface area contributed by atoms with Crippen LogP contribution in [0.4, 0.5) is 5.13 Å². The first kappa shape index (κ1) is 24.2. The predicted octanol–water partition coefficient (Wildman–Crippen LogP) is 3.01. The third-order valence-corrected chi connectivity index (χ3v) is 7.45. The molecule has 172 valence electrons. The van der Waals surface area contributed by atoms with Crippen molar-refractivity contribution >= 4 is 38.1 Å². The quantitative estimate of drug-likeness (QED) is 0.468. The molecule has 1 saturated heterocycles. The number of aromatic nitrogens is 1. The fourth-order valence-corrected chi connectivity index (χ4v) is 5.37. The van der Waals surface area contributed by atoms with Gasteiger partial charge < -0.3 is 14.6 Å². The van der Waals surface area contributed by atoms with Crippen LogP contribution in [-0.2, 0) is 21.2 Å². The highest BCUT2D eigenvalue weighted by molar-refractivity contribution is 7.93. The minimum atomic E-state index is -3.84. The van der Waals surface area contributed by atoms with E-state index in [1.165, 1.54) is 23.5 Å². The molecular formula is C20H28ClN3O5S2. The molecule has 1 aliphatic heterocycles. The van der Waals surface area contributed by atoms with E-state index in [0.29, 0.717) is 30.9 Å². The second kappa shape index (κ2) is 11.4. The van der Waals surface area contributed by atoms with Crippen LogP contribution in [0.5, 0.6) is 5.75 Å². The van der Waals surface area contributed by atoms with Crippen molar-refractivity contribution in [1.29, 1.82) is 0 Å². The molecule has 1 atom stereocenters. The lowest BCUT2D eigenvalue weighted by atomic mass is 10.2. The van der Waals surface area contributed by atoms with E-state index in [2.05, 4.69) is 14.6 Å². The zero-order valence-electron chi connectivity index (χ0n) is 17.4. The molecule has 0 bridgehead atoms. The number of aliphatic hydroxyl groups is 1. The highest BCUT2D eigenvalue weighted by Crippen LogP contribution is 2.29. The molecular weight excluding hydrogens is 462 g/mol. The number of nitrogens with one attached hydrogen (secondary N) is 1. The average molecular weight is 490 g/mol. The van der Waals surface area contributed by atoms with Gasteiger partial charge in [0.1, 0.15) is 5.75 Å². The van der Waals surface area contributed by atoms with Crippen LogP contribution in [-0.4, -0.2) is 69.0 Å². The van der Waals surface area contributed by atoms with Gasteiger partial charge >= 0.3 is 0 Å². The second-order valence-corrected chi connectivity index (χ2v) is 10.2. The number of thiazole rings is 1. The molecule has 11 heteroatoms. The first-order chi connectivity index (χ1) is 14.9. The molecule has 1 unspecified atom stereocenters. The van der Waals surface area contributed by atoms with E-state index >= 15 is 0 Å². The Kier molecular flexibility index (Phi) is 8.94. The summed E-state index contributed by atoms with van der Waals surface area (Å²) in [6.07, 6.45) is 1.35. The first-order valence-corrected chi connectivity index (χ1v) is 13.0. The van der Waals surface area contributed by atoms with E-state index in [0.717, 1.165) is 39.3 Å². The molecule has 1 aromatic carbocycles. The Hall–Kier alpha value is -1.43. The Bertz CT molecular complexity index is 948. The maximum absolute atomic E-state index is 12.7. The first-order valence-electron chi connectivity index (χ1n) is 10.2. The summed E-state index contributed by atoms with van der Waals surface area (Å²) in [5, 5.41) is 11.9. The maximum atomic E-state index is 12.7. The minimum Gasteiger partial charge on any atom is -0.492 e. The van der Waals surface area contributed by atoms with Gasteiger partial charge in [0.05, 0.1) is 41.5 Å². The van der Waals surface area contributed by atoms with Gasteiger partial charge in [0.2, 0.25) is 0 Å². The number of morpholine rings is 1. The smallest absolute Gasteiger partial charge is 0.263 e. The number of halogens is 1. The van der Waals surface area contributed by atoms with Gasteiger partial charge in [0.25, 0.3) is 10.0 Å². The van der Waals surface area contributed by atoms with Crippen molar-refractivity contribution in [2.75, 3.05) is 44.2 Å². The van der Waals surface area contributed by atoms with Gasteiger partial charge in [0.15, 0.2) is 5.13 Å². The fraction of sp³-hybridized carbons (Fsp3) is 0.550. The summed E-state index contributed by atoms with van der Waals surface area (Å²) in [4.78, 5) is 6.59. The topological polar surface area (TPSA) is 101 Å². The summed E-state index contributed by atoms with van der Waals surface area (Å²) < 4.78 is 38.9. The predicted molar refractivity (Wildman–Crippen MR) is 122 cm³/mol. The molecule has 2 N–H and O–H groups in total. The largest absolute Gasteiger partial charge is 0.492 e. The van der Waals surface area contributed by atoms with Crippen LogP contribution in [0, 0.1) is 0 Å². The summed E-state index contributed by atoms with van der Waals surface area (Å²) >= 11 is 7.43. The molecule has 0 radical (unpaired) electrons. The lowest BCUT2D eigenvalue weighted by Gasteiger charge is -2.26. The summed E-state index contributed by atoms with van der Waals surface area (Å²) in [6.45, 7) is 6.68. The van der Waals surface area contributed by atoms with Gasteiger partial charge in [0, 0.05) is 31.4 Å². The van der Waals surface area contributed by atoms with Gasteiger partial charge in [-0.25, -0.2) is 13.4 Å². The Labute approximate surface area is 192 Å². The molecule has 31 heavy (non-hydrogen) atoms. The SMILES string of the molecule is CCC(O)Cc1csc(NS(=O)(=O)c2ccc(OCCCN3CCOCC3)c(Cl)c2)n1. The van der Waals surface area contributed by atoms with Crippen LogP contribution < -0.4 is 9.46 Å². The monoisotopic (exact) mass is 489 g/mol. The number of hydrogen-bond acceptors (Lipinski definition) is 8. The Morgan fingerprint density at radius 2 is 2.16 bits per heavy atom. The van der Waals surface area contributed by atoms with Gasteiger partial charge in [-0.1, -0.05) is 18.5 Å². The summed E-state index contributed by atoms with van der Waals surface area (Å²) in [5.41, 5.74) is 0.649. The van der Waals surface area contributed by atoms with Crippen molar-refractivity contribution in [3.05, 3.63) is 34.3 Å². The van der Waals surface area contributed by atoms with E-state index < -0.39 is 16.1 Å². The zero-order chi connectivity index (χ0) is 22.3. The Morgan fingerprint density at radius 1 is 1.39 bits per heavy atom. The standard InChI is InChI=1S/C20H28ClN3O5S2/c1-2-16(25)12-15-14-30-20(22-15)23-31(26,27)17-4-5-19(18(21)13-17)29-9-3-6-24-7-10-28-11-8-24/h4-5,13-14,16,25H,2-3,6-12H2,1H3,(H,22,23). The van der Waals surface area contributed by atoms with E-state index in [-0.39, 0.29) is 15.0 Å². The van der Waals surface area contributed by atoms with Crippen LogP contribution in [0.2, 0.25) is 5.02 Å². The molecule has 0 saturated carbocycles. The van der Waals surface area contributed by atoms with E-state index in [1.807, 2.05) is 6.92 Å². The number of hydrogen-bond donors (Lipinski definition) is 2. The second-order valence-electron chi connectivity index (χ2n) is 7.26. The number of rotatable bonds is 11. The molecule has 0 spiro atoms. The van der Waals surface area contributed by atoms with Crippen molar-refractivity contribution in [2.45, 2.75) is 37.2 Å². The van der Waals surface area contributed by atoms with E-state index in [1.54, 1.807) is 11.4 Å². The van der Waals surface area contributed by atoms with Crippen LogP contribution >= 0.6 is 22.9 Å². The normalized spacial score (nSPS) is 16.2. The van der Waals surface area contributed by atoms with Gasteiger partial charge in [-0.3, -0.25) is 9.62 Å². The third kappa shape index (κ3) is 7.30. The summed E-state index contributed by atoms with van der Waals surface area (Å²) in [6, 6.07) is 4.40. The number of nitrogens with zero attached hydrogens (tertiary/aromatic N) is 2. The fourth-order valence-electron chi connectivity index (χ4n) is 3.07. The maximum Gasteiger partial charge on any atom is 0.263 e. The van der Waals surface area contributed by atoms with Crippen molar-refractivity contribution in [3.63, 3.8) is 0 Å². The van der Waals surface area contributed by atoms with Gasteiger partial charge in [-0.05, 0) is 31.0 Å². The number of anilines is 1. The van der Waals surface area contributed by atoms with E-state index in [9.17, 15) is 13.5 Å². The molecule has 2 aromatic rings. The average Bonchev–Trinajstić information content (AvgIpc) is 3.18. The highest BCUT2D eigenvalue weighted by Gasteiger charge is 2.19. The summed E-state index contributed by atoms with van der Waals surface area (Å²) in [7, 11) is -3.84. The Morgan fingerprint density at radius 3 is 2.87 bits per heavy atom. The third-order valence-electron chi connectivity index (χ3n) is 4.88. The molecule has 3 rings (SSSR count).